The van der Waals surface area contributed by atoms with Crippen LogP contribution in [-0.4, -0.2) is 10.4 Å². The summed E-state index contributed by atoms with van der Waals surface area (Å²) in [5.41, 5.74) is 4.60. The van der Waals surface area contributed by atoms with Crippen molar-refractivity contribution in [2.24, 2.45) is 0 Å². The summed E-state index contributed by atoms with van der Waals surface area (Å²) in [6.07, 6.45) is 2.70. The fourth-order valence-corrected chi connectivity index (χ4v) is 3.28. The van der Waals surface area contributed by atoms with Gasteiger partial charge in [0.2, 0.25) is 0 Å². The van der Waals surface area contributed by atoms with Crippen LogP contribution in [0.25, 0.3) is 0 Å². The first-order valence-corrected chi connectivity index (χ1v) is 7.41. The molecule has 98 valence electrons. The van der Waals surface area contributed by atoms with Gasteiger partial charge in [0.05, 0.1) is 0 Å². The molecule has 1 aromatic carbocycles. The van der Waals surface area contributed by atoms with Gasteiger partial charge in [-0.1, -0.05) is 28.1 Å². The number of carbonyl (C=O) groups excluding carboxylic acids is 1. The van der Waals surface area contributed by atoms with Crippen LogP contribution >= 0.6 is 15.9 Å². The fourth-order valence-electron chi connectivity index (χ4n) is 2.83. The zero-order valence-electron chi connectivity index (χ0n) is 10.9. The molecular weight excluding hydrogens is 302 g/mol. The van der Waals surface area contributed by atoms with E-state index in [4.69, 9.17) is 0 Å². The highest BCUT2D eigenvalue weighted by Crippen LogP contribution is 2.26. The minimum atomic E-state index is 0.303. The molecule has 0 unspecified atom stereocenters. The standard InChI is InChI=1S/C16H16BrNO/c1-11-8-14-15(6-3-7-16(14)19)18(11)10-12-4-2-5-13(17)9-12/h2,4-5,8-9H,3,6-7,10H2,1H3. The number of rotatable bonds is 2. The number of aryl methyl sites for hydroxylation is 1. The number of nitrogens with zero attached hydrogens (tertiary/aromatic N) is 1. The first kappa shape index (κ1) is 12.7. The number of carbonyl (C=O) groups is 1. The van der Waals surface area contributed by atoms with Gasteiger partial charge < -0.3 is 4.57 Å². The van der Waals surface area contributed by atoms with Crippen LogP contribution in [0, 0.1) is 6.92 Å². The van der Waals surface area contributed by atoms with Crippen molar-refractivity contribution in [1.29, 1.82) is 0 Å². The minimum Gasteiger partial charge on any atom is -0.344 e. The Labute approximate surface area is 121 Å². The molecule has 3 rings (SSSR count). The molecule has 0 radical (unpaired) electrons. The second-order valence-corrected chi connectivity index (χ2v) is 6.05. The van der Waals surface area contributed by atoms with Crippen LogP contribution in [0.15, 0.2) is 34.8 Å². The van der Waals surface area contributed by atoms with E-state index in [0.717, 1.165) is 29.4 Å². The van der Waals surface area contributed by atoms with E-state index in [2.05, 4.69) is 51.7 Å². The Morgan fingerprint density at radius 1 is 1.26 bits per heavy atom. The average Bonchev–Trinajstić information content (AvgIpc) is 2.69. The van der Waals surface area contributed by atoms with Crippen LogP contribution in [0.2, 0.25) is 0 Å². The molecule has 0 aliphatic heterocycles. The minimum absolute atomic E-state index is 0.303. The molecule has 0 N–H and O–H groups in total. The highest BCUT2D eigenvalue weighted by Gasteiger charge is 2.22. The summed E-state index contributed by atoms with van der Waals surface area (Å²) in [6.45, 7) is 2.93. The molecule has 1 heterocycles. The molecule has 2 nitrogen and oxygen atoms in total. The van der Waals surface area contributed by atoms with Crippen molar-refractivity contribution in [2.45, 2.75) is 32.7 Å². The van der Waals surface area contributed by atoms with E-state index in [0.29, 0.717) is 12.2 Å². The molecule has 1 aliphatic rings. The molecule has 0 fully saturated rings. The van der Waals surface area contributed by atoms with Crippen molar-refractivity contribution in [2.75, 3.05) is 0 Å². The Balaban J connectivity index is 1.99. The van der Waals surface area contributed by atoms with Crippen LogP contribution < -0.4 is 0 Å². The zero-order valence-corrected chi connectivity index (χ0v) is 12.5. The maximum absolute atomic E-state index is 11.9. The van der Waals surface area contributed by atoms with E-state index < -0.39 is 0 Å². The lowest BCUT2D eigenvalue weighted by atomic mass is 9.96. The molecule has 1 aromatic heterocycles. The van der Waals surface area contributed by atoms with Gasteiger partial charge in [-0.05, 0) is 43.5 Å². The summed E-state index contributed by atoms with van der Waals surface area (Å²) in [7, 11) is 0. The summed E-state index contributed by atoms with van der Waals surface area (Å²) < 4.78 is 3.38. The Kier molecular flexibility index (Phi) is 3.31. The Morgan fingerprint density at radius 2 is 2.11 bits per heavy atom. The van der Waals surface area contributed by atoms with Crippen LogP contribution in [-0.2, 0) is 13.0 Å². The summed E-state index contributed by atoms with van der Waals surface area (Å²) >= 11 is 3.51. The average molecular weight is 318 g/mol. The lowest BCUT2D eigenvalue weighted by molar-refractivity contribution is 0.0972. The monoisotopic (exact) mass is 317 g/mol. The van der Waals surface area contributed by atoms with Crippen molar-refractivity contribution >= 4 is 21.7 Å². The number of benzene rings is 1. The summed E-state index contributed by atoms with van der Waals surface area (Å²) in [5.74, 6) is 0.303. The van der Waals surface area contributed by atoms with Crippen LogP contribution in [0.3, 0.4) is 0 Å². The van der Waals surface area contributed by atoms with Crippen molar-refractivity contribution < 1.29 is 4.79 Å². The number of halogens is 1. The number of fused-ring (bicyclic) bond motifs is 1. The van der Waals surface area contributed by atoms with E-state index in [-0.39, 0.29) is 0 Å². The predicted octanol–water partition coefficient (Wildman–Crippen LogP) is 4.13. The highest BCUT2D eigenvalue weighted by atomic mass is 79.9. The quantitative estimate of drug-likeness (QED) is 0.816. The lowest BCUT2D eigenvalue weighted by Gasteiger charge is -2.16. The molecule has 2 aromatic rings. The summed E-state index contributed by atoms with van der Waals surface area (Å²) in [4.78, 5) is 11.9. The van der Waals surface area contributed by atoms with E-state index >= 15 is 0 Å². The molecule has 19 heavy (non-hydrogen) atoms. The smallest absolute Gasteiger partial charge is 0.164 e. The molecule has 0 spiro atoms. The second-order valence-electron chi connectivity index (χ2n) is 5.14. The fraction of sp³-hybridized carbons (Fsp3) is 0.312. The first-order chi connectivity index (χ1) is 9.15. The van der Waals surface area contributed by atoms with E-state index in [1.807, 2.05) is 6.07 Å². The lowest BCUT2D eigenvalue weighted by Crippen LogP contribution is -2.14. The van der Waals surface area contributed by atoms with Crippen LogP contribution in [0.4, 0.5) is 0 Å². The van der Waals surface area contributed by atoms with Gasteiger partial charge in [0.25, 0.3) is 0 Å². The van der Waals surface area contributed by atoms with Crippen molar-refractivity contribution in [1.82, 2.24) is 4.57 Å². The summed E-state index contributed by atoms with van der Waals surface area (Å²) in [5, 5.41) is 0. The molecule has 3 heteroatoms. The topological polar surface area (TPSA) is 22.0 Å². The maximum atomic E-state index is 11.9. The molecule has 1 aliphatic carbocycles. The molecule has 0 amide bonds. The van der Waals surface area contributed by atoms with Crippen LogP contribution in [0.1, 0.15) is 40.2 Å². The molecule has 0 saturated carbocycles. The first-order valence-electron chi connectivity index (χ1n) is 6.62. The van der Waals surface area contributed by atoms with Gasteiger partial charge in [-0.15, -0.1) is 0 Å². The van der Waals surface area contributed by atoms with Crippen molar-refractivity contribution in [3.8, 4) is 0 Å². The van der Waals surface area contributed by atoms with Gasteiger partial charge in [0.1, 0.15) is 0 Å². The second kappa shape index (κ2) is 4.97. The third-order valence-electron chi connectivity index (χ3n) is 3.76. The molecule has 0 atom stereocenters. The van der Waals surface area contributed by atoms with Gasteiger partial charge >= 0.3 is 0 Å². The summed E-state index contributed by atoms with van der Waals surface area (Å²) in [6, 6.07) is 10.4. The third kappa shape index (κ3) is 2.39. The largest absolute Gasteiger partial charge is 0.344 e. The van der Waals surface area contributed by atoms with Crippen molar-refractivity contribution in [3.05, 3.63) is 57.3 Å². The predicted molar refractivity (Wildman–Crippen MR) is 79.7 cm³/mol. The number of hydrogen-bond acceptors (Lipinski definition) is 1. The Hall–Kier alpha value is -1.35. The van der Waals surface area contributed by atoms with Crippen LogP contribution in [0.5, 0.6) is 0 Å². The molecular formula is C16H16BrNO. The maximum Gasteiger partial charge on any atom is 0.164 e. The third-order valence-corrected chi connectivity index (χ3v) is 4.26. The number of aromatic nitrogens is 1. The molecule has 0 saturated heterocycles. The van der Waals surface area contributed by atoms with Gasteiger partial charge in [-0.25, -0.2) is 0 Å². The van der Waals surface area contributed by atoms with Gasteiger partial charge in [0, 0.05) is 34.4 Å². The number of hydrogen-bond donors (Lipinski definition) is 0. The van der Waals surface area contributed by atoms with E-state index in [1.54, 1.807) is 0 Å². The SMILES string of the molecule is Cc1cc2c(n1Cc1cccc(Br)c1)CCCC2=O. The highest BCUT2D eigenvalue weighted by molar-refractivity contribution is 9.10. The van der Waals surface area contributed by atoms with E-state index in [9.17, 15) is 4.79 Å². The van der Waals surface area contributed by atoms with Gasteiger partial charge in [-0.2, -0.15) is 0 Å². The van der Waals surface area contributed by atoms with E-state index in [1.165, 1.54) is 17.0 Å². The normalized spacial score (nSPS) is 14.5. The Bertz CT molecular complexity index is 642. The zero-order chi connectivity index (χ0) is 13.4. The number of Topliss-reactive ketones (excluding diaryl/α,β-unsaturated/α-hetero) is 1. The Morgan fingerprint density at radius 3 is 2.89 bits per heavy atom. The number of ketones is 1. The van der Waals surface area contributed by atoms with Gasteiger partial charge in [-0.3, -0.25) is 4.79 Å². The van der Waals surface area contributed by atoms with Crippen molar-refractivity contribution in [3.63, 3.8) is 0 Å². The van der Waals surface area contributed by atoms with Gasteiger partial charge in [0.15, 0.2) is 5.78 Å². The molecule has 0 bridgehead atoms.